The van der Waals surface area contributed by atoms with Crippen molar-refractivity contribution in [2.45, 2.75) is 70.8 Å². The molecule has 0 aromatic heterocycles. The van der Waals surface area contributed by atoms with Gasteiger partial charge in [-0.15, -0.1) is 0 Å². The van der Waals surface area contributed by atoms with Crippen molar-refractivity contribution >= 4 is 0 Å². The zero-order valence-corrected chi connectivity index (χ0v) is 13.6. The Hall–Kier alpha value is -0.820. The van der Waals surface area contributed by atoms with Gasteiger partial charge in [-0.05, 0) is 54.2 Å². The van der Waals surface area contributed by atoms with Crippen LogP contribution in [0.1, 0.15) is 71.1 Å². The summed E-state index contributed by atoms with van der Waals surface area (Å²) in [6.45, 7) is 13.5. The third-order valence-corrected chi connectivity index (χ3v) is 4.70. The van der Waals surface area contributed by atoms with Gasteiger partial charge in [-0.3, -0.25) is 0 Å². The summed E-state index contributed by atoms with van der Waals surface area (Å²) in [4.78, 5) is 0. The van der Waals surface area contributed by atoms with Crippen LogP contribution in [0.5, 0.6) is 0 Å². The third kappa shape index (κ3) is 2.86. The van der Waals surface area contributed by atoms with Crippen LogP contribution in [-0.2, 0) is 21.2 Å². The molecule has 1 nitrogen and oxygen atoms in total. The van der Waals surface area contributed by atoms with E-state index < -0.39 is 0 Å². The molecule has 0 unspecified atom stereocenters. The molecule has 0 heterocycles. The van der Waals surface area contributed by atoms with E-state index in [-0.39, 0.29) is 11.0 Å². The monoisotopic (exact) mass is 260 g/mol. The van der Waals surface area contributed by atoms with Gasteiger partial charge >= 0.3 is 0 Å². The highest BCUT2D eigenvalue weighted by molar-refractivity contribution is 5.42. The summed E-state index contributed by atoms with van der Waals surface area (Å²) in [6.07, 6.45) is 2.63. The largest absolute Gasteiger partial charge is 0.374 e. The van der Waals surface area contributed by atoms with Crippen LogP contribution in [-0.4, -0.2) is 7.11 Å². The minimum atomic E-state index is -0.221. The maximum Gasteiger partial charge on any atom is 0.0871 e. The van der Waals surface area contributed by atoms with Gasteiger partial charge in [-0.1, -0.05) is 45.9 Å². The van der Waals surface area contributed by atoms with E-state index in [1.54, 1.807) is 7.11 Å². The Morgan fingerprint density at radius 3 is 1.89 bits per heavy atom. The molecule has 0 amide bonds. The van der Waals surface area contributed by atoms with Gasteiger partial charge in [0.1, 0.15) is 0 Å². The van der Waals surface area contributed by atoms with E-state index in [0.717, 1.165) is 0 Å². The molecular formula is C18H28O. The van der Waals surface area contributed by atoms with Crippen LogP contribution in [0.15, 0.2) is 18.2 Å². The molecule has 1 fully saturated rings. The van der Waals surface area contributed by atoms with Crippen molar-refractivity contribution < 1.29 is 4.74 Å². The van der Waals surface area contributed by atoms with Gasteiger partial charge in [0.15, 0.2) is 0 Å². The van der Waals surface area contributed by atoms with Gasteiger partial charge in [-0.25, -0.2) is 0 Å². The second kappa shape index (κ2) is 4.34. The van der Waals surface area contributed by atoms with E-state index in [0.29, 0.717) is 5.41 Å². The molecule has 0 radical (unpaired) electrons. The summed E-state index contributed by atoms with van der Waals surface area (Å²) in [7, 11) is 1.79. The molecule has 1 aromatic rings. The first kappa shape index (κ1) is 14.6. The lowest BCUT2D eigenvalue weighted by molar-refractivity contribution is 0.0190. The quantitative estimate of drug-likeness (QED) is 0.749. The molecule has 106 valence electrons. The molecular weight excluding hydrogens is 232 g/mol. The predicted molar refractivity (Wildman–Crippen MR) is 81.8 cm³/mol. The Morgan fingerprint density at radius 1 is 0.947 bits per heavy atom. The van der Waals surface area contributed by atoms with Gasteiger partial charge in [0.05, 0.1) is 5.60 Å². The van der Waals surface area contributed by atoms with E-state index in [1.165, 1.54) is 29.5 Å². The molecule has 1 aliphatic carbocycles. The zero-order valence-electron chi connectivity index (χ0n) is 13.6. The highest BCUT2D eigenvalue weighted by Gasteiger charge is 2.40. The van der Waals surface area contributed by atoms with Gasteiger partial charge in [0, 0.05) is 7.11 Å². The van der Waals surface area contributed by atoms with Gasteiger partial charge in [0.25, 0.3) is 0 Å². The van der Waals surface area contributed by atoms with Gasteiger partial charge < -0.3 is 4.74 Å². The van der Waals surface area contributed by atoms with E-state index in [4.69, 9.17) is 4.74 Å². The fourth-order valence-corrected chi connectivity index (χ4v) is 2.35. The topological polar surface area (TPSA) is 9.23 Å². The summed E-state index contributed by atoms with van der Waals surface area (Å²) in [5, 5.41) is 0. The molecule has 2 rings (SSSR count). The lowest BCUT2D eigenvalue weighted by Crippen LogP contribution is -2.22. The normalized spacial score (nSPS) is 18.5. The molecule has 0 saturated heterocycles. The summed E-state index contributed by atoms with van der Waals surface area (Å²) in [6, 6.07) is 7.08. The number of benzene rings is 1. The van der Waals surface area contributed by atoms with Crippen molar-refractivity contribution in [3.05, 3.63) is 34.9 Å². The Kier molecular flexibility index (Phi) is 3.33. The predicted octanol–water partition coefficient (Wildman–Crippen LogP) is 4.92. The number of hydrogen-bond donors (Lipinski definition) is 0. The molecule has 1 aliphatic rings. The van der Waals surface area contributed by atoms with E-state index in [9.17, 15) is 0 Å². The molecule has 0 bridgehead atoms. The highest BCUT2D eigenvalue weighted by Crippen LogP contribution is 2.49. The first-order chi connectivity index (χ1) is 8.58. The maximum absolute atomic E-state index is 5.68. The fraction of sp³-hybridized carbons (Fsp3) is 0.667. The molecule has 1 aromatic carbocycles. The number of ether oxygens (including phenoxy) is 1. The first-order valence-corrected chi connectivity index (χ1v) is 7.30. The molecule has 0 N–H and O–H groups in total. The maximum atomic E-state index is 5.68. The summed E-state index contributed by atoms with van der Waals surface area (Å²) < 4.78 is 5.68. The van der Waals surface area contributed by atoms with Crippen molar-refractivity contribution in [1.82, 2.24) is 0 Å². The second-order valence-corrected chi connectivity index (χ2v) is 7.82. The van der Waals surface area contributed by atoms with E-state index in [1.807, 2.05) is 0 Å². The van der Waals surface area contributed by atoms with Crippen molar-refractivity contribution in [3.63, 3.8) is 0 Å². The zero-order chi connectivity index (χ0) is 14.5. The minimum Gasteiger partial charge on any atom is -0.374 e. The van der Waals surface area contributed by atoms with Crippen LogP contribution < -0.4 is 0 Å². The SMILES string of the molecule is COC(C)(C)c1cc(C(C)(C)C)cc(C2(C)CC2)c1. The molecule has 1 saturated carbocycles. The molecule has 1 heteroatoms. The lowest BCUT2D eigenvalue weighted by Gasteiger charge is -2.29. The Balaban J connectivity index is 2.56. The van der Waals surface area contributed by atoms with E-state index >= 15 is 0 Å². The van der Waals surface area contributed by atoms with Crippen LogP contribution in [0, 0.1) is 0 Å². The van der Waals surface area contributed by atoms with Crippen LogP contribution in [0.3, 0.4) is 0 Å². The third-order valence-electron chi connectivity index (χ3n) is 4.70. The van der Waals surface area contributed by atoms with E-state index in [2.05, 4.69) is 59.7 Å². The van der Waals surface area contributed by atoms with Crippen molar-refractivity contribution in [1.29, 1.82) is 0 Å². The number of rotatable bonds is 3. The van der Waals surface area contributed by atoms with Crippen LogP contribution in [0.25, 0.3) is 0 Å². The van der Waals surface area contributed by atoms with Crippen molar-refractivity contribution in [3.8, 4) is 0 Å². The van der Waals surface area contributed by atoms with Crippen LogP contribution in [0.4, 0.5) is 0 Å². The number of methoxy groups -OCH3 is 1. The molecule has 19 heavy (non-hydrogen) atoms. The van der Waals surface area contributed by atoms with Gasteiger partial charge in [-0.2, -0.15) is 0 Å². The molecule has 0 aliphatic heterocycles. The summed E-state index contributed by atoms with van der Waals surface area (Å²) >= 11 is 0. The average Bonchev–Trinajstić information content (AvgIpc) is 3.07. The average molecular weight is 260 g/mol. The van der Waals surface area contributed by atoms with Crippen LogP contribution >= 0.6 is 0 Å². The summed E-state index contributed by atoms with van der Waals surface area (Å²) in [5.74, 6) is 0. The van der Waals surface area contributed by atoms with Crippen LogP contribution in [0.2, 0.25) is 0 Å². The lowest BCUT2D eigenvalue weighted by atomic mass is 9.80. The second-order valence-electron chi connectivity index (χ2n) is 7.82. The fourth-order valence-electron chi connectivity index (χ4n) is 2.35. The minimum absolute atomic E-state index is 0.180. The van der Waals surface area contributed by atoms with Crippen molar-refractivity contribution in [2.75, 3.05) is 7.11 Å². The standard InChI is InChI=1S/C18H28O/c1-16(2,3)13-10-14(17(4,5)19-7)12-15(11-13)18(6)8-9-18/h10-12H,8-9H2,1-7H3. The Bertz CT molecular complexity index is 449. The van der Waals surface area contributed by atoms with Gasteiger partial charge in [0.2, 0.25) is 0 Å². The molecule has 0 atom stereocenters. The Morgan fingerprint density at radius 2 is 1.47 bits per heavy atom. The number of hydrogen-bond acceptors (Lipinski definition) is 1. The molecule has 0 spiro atoms. The first-order valence-electron chi connectivity index (χ1n) is 7.30. The van der Waals surface area contributed by atoms with Crippen molar-refractivity contribution in [2.24, 2.45) is 0 Å². The smallest absolute Gasteiger partial charge is 0.0871 e. The summed E-state index contributed by atoms with van der Waals surface area (Å²) in [5.41, 5.74) is 4.56. The Labute approximate surface area is 118 Å². The highest BCUT2D eigenvalue weighted by atomic mass is 16.5.